The molecule has 172 valence electrons. The van der Waals surface area contributed by atoms with E-state index in [1.807, 2.05) is 6.92 Å². The molecule has 1 aliphatic heterocycles. The van der Waals surface area contributed by atoms with Gasteiger partial charge in [0, 0.05) is 44.3 Å². The zero-order chi connectivity index (χ0) is 23.4. The molecule has 1 saturated heterocycles. The quantitative estimate of drug-likeness (QED) is 0.534. The molecule has 0 atom stereocenters. The molecule has 3 aromatic rings. The lowest BCUT2D eigenvalue weighted by Crippen LogP contribution is -2.50. The van der Waals surface area contributed by atoms with E-state index in [2.05, 4.69) is 4.90 Å². The predicted molar refractivity (Wildman–Crippen MR) is 123 cm³/mol. The third kappa shape index (κ3) is 4.82. The van der Waals surface area contributed by atoms with Crippen LogP contribution in [0.1, 0.15) is 6.92 Å². The first kappa shape index (κ1) is 22.3. The molecule has 0 unspecified atom stereocenters. The molecule has 4 rings (SSSR count). The molecule has 0 aliphatic carbocycles. The Morgan fingerprint density at radius 1 is 0.939 bits per heavy atom. The van der Waals surface area contributed by atoms with Gasteiger partial charge in [-0.1, -0.05) is 12.1 Å². The number of para-hydroxylation sites is 2. The zero-order valence-electron chi connectivity index (χ0n) is 18.3. The van der Waals surface area contributed by atoms with Crippen molar-refractivity contribution in [3.63, 3.8) is 0 Å². The lowest BCUT2D eigenvalue weighted by Gasteiger charge is -2.36. The first-order valence-electron chi connectivity index (χ1n) is 10.8. The molecule has 9 heteroatoms. The second-order valence-corrected chi connectivity index (χ2v) is 7.65. The number of rotatable bonds is 6. The summed E-state index contributed by atoms with van der Waals surface area (Å²) in [5, 5.41) is 0. The molecule has 2 heterocycles. The standard InChI is InChI=1S/C24H25FN4O4/c1-2-33-21-6-4-3-5-20(21)29-16-15-28(23(31)24(29)32)17-22(30)27-13-11-26(12-14-27)19-9-7-18(25)8-10-19/h3-10,15-16H,2,11-14,17H2,1H3. The Morgan fingerprint density at radius 2 is 1.64 bits per heavy atom. The Hall–Kier alpha value is -3.88. The summed E-state index contributed by atoms with van der Waals surface area (Å²) in [5.41, 5.74) is -0.159. The number of nitrogens with zero attached hydrogens (tertiary/aromatic N) is 4. The van der Waals surface area contributed by atoms with Crippen LogP contribution >= 0.6 is 0 Å². The molecular formula is C24H25FN4O4. The van der Waals surface area contributed by atoms with Crippen molar-refractivity contribution < 1.29 is 13.9 Å². The molecule has 1 amide bonds. The van der Waals surface area contributed by atoms with Gasteiger partial charge in [0.25, 0.3) is 0 Å². The van der Waals surface area contributed by atoms with Gasteiger partial charge in [0.1, 0.15) is 18.1 Å². The van der Waals surface area contributed by atoms with Crippen molar-refractivity contribution in [2.75, 3.05) is 37.7 Å². The van der Waals surface area contributed by atoms with E-state index in [1.165, 1.54) is 29.1 Å². The minimum absolute atomic E-state index is 0.210. The van der Waals surface area contributed by atoms with Crippen LogP contribution in [-0.2, 0) is 11.3 Å². The molecule has 1 fully saturated rings. The van der Waals surface area contributed by atoms with Crippen LogP contribution in [0.4, 0.5) is 10.1 Å². The Morgan fingerprint density at radius 3 is 2.33 bits per heavy atom. The summed E-state index contributed by atoms with van der Waals surface area (Å²) < 4.78 is 21.1. The van der Waals surface area contributed by atoms with Crippen molar-refractivity contribution >= 4 is 11.6 Å². The van der Waals surface area contributed by atoms with Gasteiger partial charge >= 0.3 is 11.1 Å². The minimum Gasteiger partial charge on any atom is -0.492 e. The normalized spacial score (nSPS) is 13.8. The van der Waals surface area contributed by atoms with Gasteiger partial charge in [0.15, 0.2) is 0 Å². The molecular weight excluding hydrogens is 427 g/mol. The van der Waals surface area contributed by atoms with Crippen molar-refractivity contribution in [2.24, 2.45) is 0 Å². The monoisotopic (exact) mass is 452 g/mol. The van der Waals surface area contributed by atoms with Crippen LogP contribution in [0.3, 0.4) is 0 Å². The van der Waals surface area contributed by atoms with Crippen LogP contribution in [0, 0.1) is 5.82 Å². The lowest BCUT2D eigenvalue weighted by molar-refractivity contribution is -0.132. The summed E-state index contributed by atoms with van der Waals surface area (Å²) in [7, 11) is 0. The van der Waals surface area contributed by atoms with Gasteiger partial charge in [-0.15, -0.1) is 0 Å². The number of ether oxygens (including phenoxy) is 1. The van der Waals surface area contributed by atoms with E-state index in [0.717, 1.165) is 10.3 Å². The van der Waals surface area contributed by atoms with E-state index in [0.29, 0.717) is 44.2 Å². The number of amides is 1. The molecule has 0 spiro atoms. The number of hydrogen-bond acceptors (Lipinski definition) is 5. The van der Waals surface area contributed by atoms with Crippen molar-refractivity contribution in [3.05, 3.63) is 87.4 Å². The molecule has 0 N–H and O–H groups in total. The van der Waals surface area contributed by atoms with E-state index in [9.17, 15) is 18.8 Å². The first-order chi connectivity index (χ1) is 16.0. The predicted octanol–water partition coefficient (Wildman–Crippen LogP) is 1.89. The maximum Gasteiger partial charge on any atom is 0.321 e. The van der Waals surface area contributed by atoms with Gasteiger partial charge in [0.2, 0.25) is 5.91 Å². The Kier molecular flexibility index (Phi) is 6.58. The second kappa shape index (κ2) is 9.72. The van der Waals surface area contributed by atoms with E-state index in [1.54, 1.807) is 41.3 Å². The van der Waals surface area contributed by atoms with Crippen LogP contribution < -0.4 is 20.8 Å². The molecule has 8 nitrogen and oxygen atoms in total. The van der Waals surface area contributed by atoms with Crippen LogP contribution in [0.15, 0.2) is 70.5 Å². The highest BCUT2D eigenvalue weighted by atomic mass is 19.1. The Labute approximate surface area is 190 Å². The lowest BCUT2D eigenvalue weighted by atomic mass is 10.2. The fraction of sp³-hybridized carbons (Fsp3) is 0.292. The van der Waals surface area contributed by atoms with E-state index in [-0.39, 0.29) is 18.3 Å². The fourth-order valence-electron chi connectivity index (χ4n) is 3.87. The van der Waals surface area contributed by atoms with Crippen LogP contribution in [0.25, 0.3) is 5.69 Å². The van der Waals surface area contributed by atoms with Crippen LogP contribution in [0.2, 0.25) is 0 Å². The van der Waals surface area contributed by atoms with E-state index >= 15 is 0 Å². The second-order valence-electron chi connectivity index (χ2n) is 7.65. The van der Waals surface area contributed by atoms with Crippen molar-refractivity contribution in [1.82, 2.24) is 14.0 Å². The zero-order valence-corrected chi connectivity index (χ0v) is 18.3. The topological polar surface area (TPSA) is 76.8 Å². The summed E-state index contributed by atoms with van der Waals surface area (Å²) in [5.74, 6) is -0.0293. The van der Waals surface area contributed by atoms with Gasteiger partial charge < -0.3 is 14.5 Å². The number of hydrogen-bond donors (Lipinski definition) is 0. The van der Waals surface area contributed by atoms with Crippen LogP contribution in [-0.4, -0.2) is 52.7 Å². The Bertz CT molecular complexity index is 1240. The summed E-state index contributed by atoms with van der Waals surface area (Å²) >= 11 is 0. The number of carbonyl (C=O) groups excluding carboxylic acids is 1. The van der Waals surface area contributed by atoms with Crippen molar-refractivity contribution in [1.29, 1.82) is 0 Å². The maximum atomic E-state index is 13.1. The third-order valence-corrected chi connectivity index (χ3v) is 5.61. The number of anilines is 1. The van der Waals surface area contributed by atoms with Gasteiger partial charge in [0.05, 0.1) is 12.3 Å². The van der Waals surface area contributed by atoms with Crippen molar-refractivity contribution in [3.8, 4) is 11.4 Å². The van der Waals surface area contributed by atoms with E-state index in [4.69, 9.17) is 4.74 Å². The molecule has 0 radical (unpaired) electrons. The van der Waals surface area contributed by atoms with Crippen molar-refractivity contribution in [2.45, 2.75) is 13.5 Å². The average Bonchev–Trinajstić information content (AvgIpc) is 2.83. The van der Waals surface area contributed by atoms with Gasteiger partial charge in [-0.05, 0) is 43.3 Å². The summed E-state index contributed by atoms with van der Waals surface area (Å²) in [6.45, 7) is 4.20. The highest BCUT2D eigenvalue weighted by molar-refractivity contribution is 5.76. The number of halogens is 1. The molecule has 33 heavy (non-hydrogen) atoms. The molecule has 0 saturated carbocycles. The van der Waals surface area contributed by atoms with Gasteiger partial charge in [-0.3, -0.25) is 23.5 Å². The van der Waals surface area contributed by atoms with Gasteiger partial charge in [-0.2, -0.15) is 0 Å². The number of benzene rings is 2. The fourth-order valence-corrected chi connectivity index (χ4v) is 3.87. The largest absolute Gasteiger partial charge is 0.492 e. The highest BCUT2D eigenvalue weighted by Crippen LogP contribution is 2.21. The molecule has 0 bridgehead atoms. The van der Waals surface area contributed by atoms with Crippen LogP contribution in [0.5, 0.6) is 5.75 Å². The maximum absolute atomic E-state index is 13.1. The number of aromatic nitrogens is 2. The molecule has 1 aromatic heterocycles. The smallest absolute Gasteiger partial charge is 0.321 e. The summed E-state index contributed by atoms with van der Waals surface area (Å²) in [4.78, 5) is 42.0. The highest BCUT2D eigenvalue weighted by Gasteiger charge is 2.22. The third-order valence-electron chi connectivity index (χ3n) is 5.61. The Balaban J connectivity index is 1.45. The SMILES string of the molecule is CCOc1ccccc1-n1ccn(CC(=O)N2CCN(c3ccc(F)cc3)CC2)c(=O)c1=O. The molecule has 1 aliphatic rings. The number of piperazine rings is 1. The first-order valence-corrected chi connectivity index (χ1v) is 10.8. The molecule has 2 aromatic carbocycles. The summed E-state index contributed by atoms with van der Waals surface area (Å²) in [6.07, 6.45) is 2.92. The van der Waals surface area contributed by atoms with E-state index < -0.39 is 11.1 Å². The minimum atomic E-state index is -0.776. The average molecular weight is 452 g/mol. The van der Waals surface area contributed by atoms with Gasteiger partial charge in [-0.25, -0.2) is 4.39 Å². The number of carbonyl (C=O) groups is 1. The summed E-state index contributed by atoms with van der Waals surface area (Å²) in [6, 6.07) is 13.2.